The molecule has 1 aliphatic carbocycles. The average molecular weight is 676 g/mol. The highest BCUT2D eigenvalue weighted by molar-refractivity contribution is 6.35. The van der Waals surface area contributed by atoms with Gasteiger partial charge in [0, 0.05) is 44.6 Å². The van der Waals surface area contributed by atoms with Gasteiger partial charge in [-0.1, -0.05) is 29.3 Å². The van der Waals surface area contributed by atoms with E-state index in [0.717, 1.165) is 30.9 Å². The quantitative estimate of drug-likeness (QED) is 0.243. The molecule has 0 radical (unpaired) electrons. The van der Waals surface area contributed by atoms with Crippen molar-refractivity contribution in [2.75, 3.05) is 31.2 Å². The minimum Gasteiger partial charge on any atom is -0.478 e. The van der Waals surface area contributed by atoms with Crippen LogP contribution in [0, 0.1) is 16.7 Å². The molecule has 0 spiro atoms. The van der Waals surface area contributed by atoms with Gasteiger partial charge in [0.2, 0.25) is 0 Å². The summed E-state index contributed by atoms with van der Waals surface area (Å²) in [6.45, 7) is 5.52. The molecule has 4 aromatic rings. The Bertz CT molecular complexity index is 1940. The summed E-state index contributed by atoms with van der Waals surface area (Å²) >= 11 is 12.7. The lowest BCUT2D eigenvalue weighted by atomic mass is 10.0. The molecule has 4 aliphatic rings. The van der Waals surface area contributed by atoms with Gasteiger partial charge in [0.1, 0.15) is 17.0 Å². The number of hydrogen-bond acceptors (Lipinski definition) is 9. The lowest BCUT2D eigenvalue weighted by molar-refractivity contribution is -0.0716. The topological polar surface area (TPSA) is 126 Å². The van der Waals surface area contributed by atoms with Crippen molar-refractivity contribution in [3.05, 3.63) is 75.8 Å². The highest BCUT2D eigenvalue weighted by atomic mass is 35.5. The number of para-hydroxylation sites is 1. The number of nitriles is 1. The summed E-state index contributed by atoms with van der Waals surface area (Å²) in [5.41, 5.74) is 2.80. The second-order valence-electron chi connectivity index (χ2n) is 13.0. The minimum atomic E-state index is -1.10. The van der Waals surface area contributed by atoms with Gasteiger partial charge in [-0.2, -0.15) is 5.26 Å². The van der Waals surface area contributed by atoms with Crippen molar-refractivity contribution >= 4 is 45.9 Å². The van der Waals surface area contributed by atoms with Crippen molar-refractivity contribution in [1.29, 1.82) is 5.26 Å². The van der Waals surface area contributed by atoms with E-state index in [1.807, 2.05) is 25.1 Å². The number of benzene rings is 2. The van der Waals surface area contributed by atoms with Crippen LogP contribution in [0.3, 0.4) is 0 Å². The number of pyridine rings is 1. The van der Waals surface area contributed by atoms with Crippen LogP contribution in [0.4, 0.5) is 5.69 Å². The van der Waals surface area contributed by atoms with Crippen molar-refractivity contribution < 1.29 is 24.1 Å². The van der Waals surface area contributed by atoms with E-state index in [2.05, 4.69) is 31.5 Å². The predicted molar refractivity (Wildman–Crippen MR) is 174 cm³/mol. The summed E-state index contributed by atoms with van der Waals surface area (Å²) in [5.74, 6) is -0.0193. The molecule has 47 heavy (non-hydrogen) atoms. The van der Waals surface area contributed by atoms with Crippen LogP contribution < -0.4 is 14.4 Å². The fourth-order valence-electron chi connectivity index (χ4n) is 7.23. The average Bonchev–Trinajstić information content (AvgIpc) is 3.34. The maximum atomic E-state index is 11.9. The molecule has 13 heteroatoms. The molecule has 3 aliphatic heterocycles. The van der Waals surface area contributed by atoms with Gasteiger partial charge in [-0.15, -0.1) is 0 Å². The standard InChI is InChI=1S/C34H32Cl2N6O5/c1-33(28-6-5-21(35)15-38-28)46-27-4-2-3-23(31(27)47-33)41-12-11-40(25-17-45-18-26(25)41)16-29-39-30-22(36)13-20(32(43)44)14-24(30)42(29)19-34(7-8-34)9-10-37/h2-6,13-15,25-26H,7-9,11-12,16-19H2,1H3,(H,43,44)/t25-,26+,33-/m0/s1. The zero-order chi connectivity index (χ0) is 32.5. The number of hydrogen-bond donors (Lipinski definition) is 1. The van der Waals surface area contributed by atoms with E-state index in [1.165, 1.54) is 6.07 Å². The van der Waals surface area contributed by atoms with Crippen molar-refractivity contribution in [2.45, 2.75) is 57.1 Å². The Morgan fingerprint density at radius 3 is 2.70 bits per heavy atom. The first-order chi connectivity index (χ1) is 22.7. The van der Waals surface area contributed by atoms with Gasteiger partial charge in [0.15, 0.2) is 11.5 Å². The first-order valence-corrected chi connectivity index (χ1v) is 16.4. The van der Waals surface area contributed by atoms with Crippen LogP contribution in [0.25, 0.3) is 11.0 Å². The summed E-state index contributed by atoms with van der Waals surface area (Å²) in [6, 6.07) is 15.1. The Labute approximate surface area is 281 Å². The Balaban J connectivity index is 1.09. The fraction of sp³-hybridized carbons (Fsp3) is 0.412. The minimum absolute atomic E-state index is 0.0488. The summed E-state index contributed by atoms with van der Waals surface area (Å²) in [4.78, 5) is 26.1. The van der Waals surface area contributed by atoms with E-state index in [9.17, 15) is 15.2 Å². The Morgan fingerprint density at radius 2 is 1.96 bits per heavy atom. The van der Waals surface area contributed by atoms with Crippen molar-refractivity contribution in [3.63, 3.8) is 0 Å². The molecule has 2 aromatic carbocycles. The highest BCUT2D eigenvalue weighted by Crippen LogP contribution is 2.52. The van der Waals surface area contributed by atoms with Gasteiger partial charge in [-0.25, -0.2) is 9.78 Å². The number of nitrogens with zero attached hydrogens (tertiary/aromatic N) is 6. The van der Waals surface area contributed by atoms with Crippen molar-refractivity contribution in [2.24, 2.45) is 5.41 Å². The Morgan fingerprint density at radius 1 is 1.13 bits per heavy atom. The molecule has 2 saturated heterocycles. The van der Waals surface area contributed by atoms with Crippen molar-refractivity contribution in [1.82, 2.24) is 19.4 Å². The number of halogens is 2. The van der Waals surface area contributed by atoms with Gasteiger partial charge < -0.3 is 28.8 Å². The van der Waals surface area contributed by atoms with E-state index in [-0.39, 0.29) is 23.1 Å². The van der Waals surface area contributed by atoms with Crippen molar-refractivity contribution in [3.8, 4) is 17.6 Å². The van der Waals surface area contributed by atoms with Crippen LogP contribution in [-0.4, -0.2) is 68.9 Å². The third-order valence-electron chi connectivity index (χ3n) is 9.96. The number of piperazine rings is 1. The molecule has 0 amide bonds. The monoisotopic (exact) mass is 674 g/mol. The van der Waals surface area contributed by atoms with Gasteiger partial charge in [0.25, 0.3) is 5.79 Å². The van der Waals surface area contributed by atoms with Gasteiger partial charge >= 0.3 is 5.97 Å². The lowest BCUT2D eigenvalue weighted by Crippen LogP contribution is -2.59. The molecule has 11 nitrogen and oxygen atoms in total. The molecular weight excluding hydrogens is 643 g/mol. The SMILES string of the molecule is C[C@]1(c2ccc(Cl)cn2)Oc2cccc(N3CCN(Cc4nc5c(Cl)cc(C(=O)O)cc5n4CC4(CC#N)CC4)[C@H]4COC[C@H]43)c2O1. The molecule has 242 valence electrons. The van der Waals surface area contributed by atoms with E-state index in [1.54, 1.807) is 18.3 Å². The summed E-state index contributed by atoms with van der Waals surface area (Å²) in [6.07, 6.45) is 3.92. The number of imidazole rings is 1. The first-order valence-electron chi connectivity index (χ1n) is 15.7. The third kappa shape index (κ3) is 5.24. The third-order valence-corrected chi connectivity index (χ3v) is 10.5. The molecule has 1 N–H and O–H groups in total. The summed E-state index contributed by atoms with van der Waals surface area (Å²) in [5, 5.41) is 20.1. The maximum absolute atomic E-state index is 11.9. The molecule has 0 bridgehead atoms. The summed E-state index contributed by atoms with van der Waals surface area (Å²) < 4.78 is 21.0. The zero-order valence-corrected chi connectivity index (χ0v) is 27.2. The van der Waals surface area contributed by atoms with E-state index >= 15 is 0 Å². The maximum Gasteiger partial charge on any atom is 0.335 e. The largest absolute Gasteiger partial charge is 0.478 e. The second-order valence-corrected chi connectivity index (χ2v) is 13.9. The van der Waals surface area contributed by atoms with E-state index in [4.69, 9.17) is 42.4 Å². The second kappa shape index (κ2) is 11.3. The molecule has 3 fully saturated rings. The first kappa shape index (κ1) is 30.3. The van der Waals surface area contributed by atoms with E-state index < -0.39 is 11.8 Å². The number of fused-ring (bicyclic) bond motifs is 3. The van der Waals surface area contributed by atoms with Crippen LogP contribution in [0.1, 0.15) is 48.1 Å². The van der Waals surface area contributed by atoms with Crippen LogP contribution >= 0.6 is 23.2 Å². The smallest absolute Gasteiger partial charge is 0.335 e. The number of carboxylic acids is 1. The van der Waals surface area contributed by atoms with Crippen LogP contribution in [0.2, 0.25) is 10.0 Å². The number of carbonyl (C=O) groups is 1. The van der Waals surface area contributed by atoms with Crippen LogP contribution in [-0.2, 0) is 23.6 Å². The van der Waals surface area contributed by atoms with Gasteiger partial charge in [0.05, 0.1) is 64.7 Å². The predicted octanol–water partition coefficient (Wildman–Crippen LogP) is 5.86. The number of carboxylic acid groups (broad SMARTS) is 1. The molecule has 0 unspecified atom stereocenters. The molecule has 8 rings (SSSR count). The summed E-state index contributed by atoms with van der Waals surface area (Å²) in [7, 11) is 0. The molecule has 5 heterocycles. The lowest BCUT2D eigenvalue weighted by Gasteiger charge is -2.44. The van der Waals surface area contributed by atoms with Gasteiger partial charge in [-0.05, 0) is 49.2 Å². The Hall–Kier alpha value is -4.08. The number of anilines is 1. The van der Waals surface area contributed by atoms with Crippen LogP contribution in [0.5, 0.6) is 11.5 Å². The Kier molecular flexibility index (Phi) is 7.26. The number of aromatic nitrogens is 3. The zero-order valence-electron chi connectivity index (χ0n) is 25.7. The number of aromatic carboxylic acids is 1. The van der Waals surface area contributed by atoms with Gasteiger partial charge in [-0.3, -0.25) is 9.88 Å². The fourth-order valence-corrected chi connectivity index (χ4v) is 7.60. The molecule has 2 aromatic heterocycles. The van der Waals surface area contributed by atoms with Crippen LogP contribution in [0.15, 0.2) is 48.7 Å². The normalized spacial score (nSPS) is 24.3. The molecule has 3 atom stereocenters. The number of ether oxygens (including phenoxy) is 3. The van der Waals surface area contributed by atoms with E-state index in [0.29, 0.717) is 77.5 Å². The molecule has 1 saturated carbocycles. The highest BCUT2D eigenvalue weighted by Gasteiger charge is 2.47. The number of rotatable bonds is 8. The molecular formula is C34H32Cl2N6O5.